The molecule has 1 aromatic rings. The van der Waals surface area contributed by atoms with Crippen LogP contribution in [0.25, 0.3) is 0 Å². The molecular weight excluding hydrogens is 335 g/mol. The zero-order valence-corrected chi connectivity index (χ0v) is 13.0. The van der Waals surface area contributed by atoms with E-state index in [1.165, 1.54) is 0 Å². The third-order valence-corrected chi connectivity index (χ3v) is 2.85. The predicted octanol–water partition coefficient (Wildman–Crippen LogP) is 1.87. The molecule has 0 saturated heterocycles. The van der Waals surface area contributed by atoms with Crippen molar-refractivity contribution in [3.8, 4) is 0 Å². The van der Waals surface area contributed by atoms with Gasteiger partial charge in [-0.25, -0.2) is 4.98 Å². The maximum Gasteiger partial charge on any atom is 0.185 e. The first-order valence-corrected chi connectivity index (χ1v) is 5.78. The fourth-order valence-corrected chi connectivity index (χ4v) is 2.06. The van der Waals surface area contributed by atoms with E-state index in [9.17, 15) is 0 Å². The minimum Gasteiger partial charge on any atom is -0.370 e. The summed E-state index contributed by atoms with van der Waals surface area (Å²) in [4.78, 5) is 8.48. The zero-order chi connectivity index (χ0) is 11.5. The van der Waals surface area contributed by atoms with E-state index in [1.807, 2.05) is 0 Å². The van der Waals surface area contributed by atoms with E-state index in [2.05, 4.69) is 36.1 Å². The van der Waals surface area contributed by atoms with Crippen molar-refractivity contribution in [3.05, 3.63) is 16.1 Å². The maximum atomic E-state index is 5.24. The second kappa shape index (κ2) is 6.39. The molecule has 0 aliphatic rings. The molecule has 0 amide bonds. The van der Waals surface area contributed by atoms with Crippen LogP contribution in [0.5, 0.6) is 0 Å². The first-order chi connectivity index (χ1) is 6.89. The van der Waals surface area contributed by atoms with Crippen molar-refractivity contribution in [2.24, 2.45) is 16.5 Å². The van der Waals surface area contributed by atoms with Crippen molar-refractivity contribution in [3.63, 3.8) is 0 Å². The van der Waals surface area contributed by atoms with E-state index in [4.69, 9.17) is 11.5 Å². The topological polar surface area (TPSA) is 77.3 Å². The van der Waals surface area contributed by atoms with Crippen LogP contribution in [-0.4, -0.2) is 17.5 Å². The van der Waals surface area contributed by atoms with Gasteiger partial charge < -0.3 is 11.5 Å². The summed E-state index contributed by atoms with van der Waals surface area (Å²) >= 11 is 1.67. The highest BCUT2D eigenvalue weighted by molar-refractivity contribution is 14.0. The molecule has 0 saturated carbocycles. The van der Waals surface area contributed by atoms with Gasteiger partial charge in [-0.2, -0.15) is 0 Å². The minimum atomic E-state index is 0. The molecule has 0 radical (unpaired) electrons. The Labute approximate surface area is 118 Å². The lowest BCUT2D eigenvalue weighted by Crippen LogP contribution is -2.23. The highest BCUT2D eigenvalue weighted by Gasteiger charge is 2.16. The predicted molar refractivity (Wildman–Crippen MR) is 80.6 cm³/mol. The molecular formula is C10H19IN4S. The lowest BCUT2D eigenvalue weighted by Gasteiger charge is -2.14. The van der Waals surface area contributed by atoms with Crippen LogP contribution in [0.2, 0.25) is 0 Å². The Kier molecular flexibility index (Phi) is 6.24. The molecule has 16 heavy (non-hydrogen) atoms. The van der Waals surface area contributed by atoms with Gasteiger partial charge in [-0.3, -0.25) is 4.99 Å². The van der Waals surface area contributed by atoms with Crippen molar-refractivity contribution in [1.29, 1.82) is 0 Å². The number of rotatable bonds is 3. The summed E-state index contributed by atoms with van der Waals surface area (Å²) < 4.78 is 0. The molecule has 92 valence electrons. The lowest BCUT2D eigenvalue weighted by molar-refractivity contribution is 0.571. The summed E-state index contributed by atoms with van der Waals surface area (Å²) in [6.45, 7) is 7.07. The molecule has 1 heterocycles. The highest BCUT2D eigenvalue weighted by Crippen LogP contribution is 2.23. The SMILES string of the molecule is CC(C)(C)c1csc(CCN=C(N)N)n1.I. The first-order valence-electron chi connectivity index (χ1n) is 4.90. The summed E-state index contributed by atoms with van der Waals surface area (Å²) in [6, 6.07) is 0. The molecule has 0 unspecified atom stereocenters. The number of thiazole rings is 1. The number of aliphatic imine (C=N–C) groups is 1. The van der Waals surface area contributed by atoms with E-state index >= 15 is 0 Å². The van der Waals surface area contributed by atoms with Crippen molar-refractivity contribution < 1.29 is 0 Å². The van der Waals surface area contributed by atoms with E-state index in [0.717, 1.165) is 17.1 Å². The van der Waals surface area contributed by atoms with Gasteiger partial charge in [-0.15, -0.1) is 35.3 Å². The van der Waals surface area contributed by atoms with Crippen LogP contribution in [0.4, 0.5) is 0 Å². The summed E-state index contributed by atoms with van der Waals surface area (Å²) in [7, 11) is 0. The molecule has 0 atom stereocenters. The second-order valence-electron chi connectivity index (χ2n) is 4.43. The van der Waals surface area contributed by atoms with Gasteiger partial charge in [0.05, 0.1) is 10.7 Å². The molecule has 1 aromatic heterocycles. The van der Waals surface area contributed by atoms with Crippen LogP contribution in [0.3, 0.4) is 0 Å². The van der Waals surface area contributed by atoms with Crippen LogP contribution < -0.4 is 11.5 Å². The fraction of sp³-hybridized carbons (Fsp3) is 0.600. The first kappa shape index (κ1) is 15.6. The highest BCUT2D eigenvalue weighted by atomic mass is 127. The lowest BCUT2D eigenvalue weighted by atomic mass is 9.93. The van der Waals surface area contributed by atoms with E-state index in [1.54, 1.807) is 11.3 Å². The van der Waals surface area contributed by atoms with Gasteiger partial charge in [0.15, 0.2) is 5.96 Å². The molecule has 0 aromatic carbocycles. The Balaban J connectivity index is 0.00000225. The van der Waals surface area contributed by atoms with Crippen molar-refractivity contribution in [1.82, 2.24) is 4.98 Å². The monoisotopic (exact) mass is 354 g/mol. The normalized spacial score (nSPS) is 10.7. The van der Waals surface area contributed by atoms with Crippen molar-refractivity contribution >= 4 is 41.3 Å². The number of hydrogen-bond acceptors (Lipinski definition) is 3. The Morgan fingerprint density at radius 1 is 1.44 bits per heavy atom. The standard InChI is InChI=1S/C10H18N4S.HI/c1-10(2,3)7-6-15-8(14-7)4-5-13-9(11)12;/h6H,4-5H2,1-3H3,(H4,11,12,13);1H. The number of nitrogens with two attached hydrogens (primary N) is 2. The third kappa shape index (κ3) is 5.11. The van der Waals surface area contributed by atoms with Crippen molar-refractivity contribution in [2.75, 3.05) is 6.54 Å². The molecule has 0 bridgehead atoms. The molecule has 0 aliphatic carbocycles. The van der Waals surface area contributed by atoms with Crippen molar-refractivity contribution in [2.45, 2.75) is 32.6 Å². The minimum absolute atomic E-state index is 0. The summed E-state index contributed by atoms with van der Waals surface area (Å²) in [6.07, 6.45) is 0.804. The van der Waals surface area contributed by atoms with Gasteiger partial charge >= 0.3 is 0 Å². The fourth-order valence-electron chi connectivity index (χ4n) is 1.05. The van der Waals surface area contributed by atoms with Gasteiger partial charge in [-0.1, -0.05) is 20.8 Å². The molecule has 4 N–H and O–H groups in total. The molecule has 1 rings (SSSR count). The Bertz CT molecular complexity index is 350. The van der Waals surface area contributed by atoms with Gasteiger partial charge in [-0.05, 0) is 0 Å². The number of hydrogen-bond donors (Lipinski definition) is 2. The quantitative estimate of drug-likeness (QED) is 0.494. The van der Waals surface area contributed by atoms with Gasteiger partial charge in [0.1, 0.15) is 0 Å². The average Bonchev–Trinajstić information content (AvgIpc) is 2.51. The van der Waals surface area contributed by atoms with E-state index < -0.39 is 0 Å². The van der Waals surface area contributed by atoms with E-state index in [0.29, 0.717) is 6.54 Å². The summed E-state index contributed by atoms with van der Waals surface area (Å²) in [5, 5.41) is 3.19. The van der Waals surface area contributed by atoms with Crippen LogP contribution >= 0.6 is 35.3 Å². The maximum absolute atomic E-state index is 5.24. The number of halogens is 1. The van der Waals surface area contributed by atoms with Crippen LogP contribution in [0, 0.1) is 0 Å². The van der Waals surface area contributed by atoms with Crippen LogP contribution in [0.15, 0.2) is 10.4 Å². The number of aromatic nitrogens is 1. The van der Waals surface area contributed by atoms with Gasteiger partial charge in [0.25, 0.3) is 0 Å². The smallest absolute Gasteiger partial charge is 0.185 e. The average molecular weight is 354 g/mol. The van der Waals surface area contributed by atoms with Crippen LogP contribution in [0.1, 0.15) is 31.5 Å². The Morgan fingerprint density at radius 3 is 2.50 bits per heavy atom. The summed E-state index contributed by atoms with van der Waals surface area (Å²) in [5.74, 6) is 0.141. The molecule has 0 aliphatic heterocycles. The zero-order valence-electron chi connectivity index (χ0n) is 9.86. The molecule has 6 heteroatoms. The Morgan fingerprint density at radius 2 is 2.06 bits per heavy atom. The number of guanidine groups is 1. The summed E-state index contributed by atoms with van der Waals surface area (Å²) in [5.41, 5.74) is 11.7. The Hall–Kier alpha value is -0.370. The molecule has 4 nitrogen and oxygen atoms in total. The van der Waals surface area contributed by atoms with Gasteiger partial charge in [0, 0.05) is 23.8 Å². The van der Waals surface area contributed by atoms with Crippen LogP contribution in [-0.2, 0) is 11.8 Å². The third-order valence-electron chi connectivity index (χ3n) is 1.94. The largest absolute Gasteiger partial charge is 0.370 e. The number of nitrogens with zero attached hydrogens (tertiary/aromatic N) is 2. The van der Waals surface area contributed by atoms with Gasteiger partial charge in [0.2, 0.25) is 0 Å². The second-order valence-corrected chi connectivity index (χ2v) is 5.38. The molecule has 0 spiro atoms. The molecule has 0 fully saturated rings. The van der Waals surface area contributed by atoms with E-state index in [-0.39, 0.29) is 35.4 Å².